The van der Waals surface area contributed by atoms with E-state index in [9.17, 15) is 9.59 Å². The van der Waals surface area contributed by atoms with Crippen LogP contribution in [-0.2, 0) is 9.59 Å². The Morgan fingerprint density at radius 2 is 1.41 bits per heavy atom. The summed E-state index contributed by atoms with van der Waals surface area (Å²) in [5, 5.41) is 0. The van der Waals surface area contributed by atoms with Crippen LogP contribution < -0.4 is 14.5 Å². The van der Waals surface area contributed by atoms with Gasteiger partial charge in [0.2, 0.25) is 0 Å². The van der Waals surface area contributed by atoms with E-state index in [0.29, 0.717) is 41.4 Å². The zero-order chi connectivity index (χ0) is 22.5. The molecule has 0 saturated heterocycles. The number of hydrogen-bond acceptors (Lipinski definition) is 4. The number of benzene rings is 3. The molecule has 0 unspecified atom stereocenters. The number of carbonyl (C=O) groups is 2. The van der Waals surface area contributed by atoms with E-state index in [1.807, 2.05) is 91.5 Å². The molecule has 0 saturated carbocycles. The van der Waals surface area contributed by atoms with Crippen molar-refractivity contribution >= 4 is 28.8 Å². The third kappa shape index (κ3) is 3.89. The molecular formula is C27H26N2O3. The number of rotatable bonds is 8. The summed E-state index contributed by atoms with van der Waals surface area (Å²) in [7, 11) is 0. The summed E-state index contributed by atoms with van der Waals surface area (Å²) in [5.74, 6) is -0.183. The Balaban J connectivity index is 1.87. The van der Waals surface area contributed by atoms with E-state index in [2.05, 4.69) is 0 Å². The van der Waals surface area contributed by atoms with Gasteiger partial charge in [0, 0.05) is 12.2 Å². The van der Waals surface area contributed by atoms with E-state index in [1.165, 1.54) is 4.90 Å². The van der Waals surface area contributed by atoms with Gasteiger partial charge in [-0.05, 0) is 43.2 Å². The van der Waals surface area contributed by atoms with Crippen LogP contribution in [0.1, 0.15) is 25.8 Å². The minimum absolute atomic E-state index is 0.349. The average molecular weight is 427 g/mol. The lowest BCUT2D eigenvalue weighted by Crippen LogP contribution is -2.35. The standard InChI is InChI=1S/C27H26N2O3/c1-3-19-32-23-18-12-11-17-22(23)29-26(30)24(20-13-7-5-8-14-20)25(27(29)31)28(4-2)21-15-9-6-10-16-21/h5-18H,3-4,19H2,1-2H3. The van der Waals surface area contributed by atoms with Crippen LogP contribution in [0.25, 0.3) is 5.57 Å². The van der Waals surface area contributed by atoms with Gasteiger partial charge in [0.15, 0.2) is 0 Å². The zero-order valence-corrected chi connectivity index (χ0v) is 18.3. The van der Waals surface area contributed by atoms with Crippen molar-refractivity contribution in [2.24, 2.45) is 0 Å². The highest BCUT2D eigenvalue weighted by Crippen LogP contribution is 2.39. The maximum Gasteiger partial charge on any atom is 0.282 e. The van der Waals surface area contributed by atoms with Crippen LogP contribution in [0.4, 0.5) is 11.4 Å². The average Bonchev–Trinajstić information content (AvgIpc) is 3.09. The van der Waals surface area contributed by atoms with E-state index in [4.69, 9.17) is 4.74 Å². The Labute approximate surface area is 188 Å². The zero-order valence-electron chi connectivity index (χ0n) is 18.3. The molecule has 0 spiro atoms. The number of nitrogens with zero attached hydrogens (tertiary/aromatic N) is 2. The molecule has 0 N–H and O–H groups in total. The van der Waals surface area contributed by atoms with Crippen LogP contribution in [0.5, 0.6) is 5.75 Å². The fourth-order valence-corrected chi connectivity index (χ4v) is 3.91. The third-order valence-electron chi connectivity index (χ3n) is 5.34. The molecule has 3 aromatic rings. The van der Waals surface area contributed by atoms with E-state index in [-0.39, 0.29) is 11.8 Å². The van der Waals surface area contributed by atoms with Crippen molar-refractivity contribution in [2.75, 3.05) is 23.0 Å². The Kier molecular flexibility index (Phi) is 6.36. The third-order valence-corrected chi connectivity index (χ3v) is 5.34. The van der Waals surface area contributed by atoms with Gasteiger partial charge in [-0.25, -0.2) is 4.90 Å². The summed E-state index contributed by atoms with van der Waals surface area (Å²) in [6.07, 6.45) is 0.826. The van der Waals surface area contributed by atoms with Gasteiger partial charge in [0.05, 0.1) is 17.9 Å². The quantitative estimate of drug-likeness (QED) is 0.460. The molecule has 162 valence electrons. The molecule has 0 bridgehead atoms. The Morgan fingerprint density at radius 1 is 0.781 bits per heavy atom. The second kappa shape index (κ2) is 9.52. The first-order chi connectivity index (χ1) is 15.7. The predicted molar refractivity (Wildman–Crippen MR) is 128 cm³/mol. The van der Waals surface area contributed by atoms with E-state index in [0.717, 1.165) is 12.1 Å². The maximum absolute atomic E-state index is 13.8. The van der Waals surface area contributed by atoms with Gasteiger partial charge in [-0.15, -0.1) is 0 Å². The highest BCUT2D eigenvalue weighted by Gasteiger charge is 2.43. The predicted octanol–water partition coefficient (Wildman–Crippen LogP) is 5.29. The molecule has 32 heavy (non-hydrogen) atoms. The molecule has 1 aliphatic heterocycles. The van der Waals surface area contributed by atoms with Crippen molar-refractivity contribution in [3.63, 3.8) is 0 Å². The van der Waals surface area contributed by atoms with Crippen molar-refractivity contribution in [3.05, 3.63) is 96.2 Å². The molecule has 1 aliphatic rings. The molecule has 0 aromatic heterocycles. The van der Waals surface area contributed by atoms with Crippen LogP contribution in [0, 0.1) is 0 Å². The monoisotopic (exact) mass is 426 g/mol. The van der Waals surface area contributed by atoms with Crippen molar-refractivity contribution in [3.8, 4) is 5.75 Å². The van der Waals surface area contributed by atoms with Gasteiger partial charge < -0.3 is 9.64 Å². The number of ether oxygens (including phenoxy) is 1. The van der Waals surface area contributed by atoms with Gasteiger partial charge in [-0.3, -0.25) is 9.59 Å². The smallest absolute Gasteiger partial charge is 0.282 e. The lowest BCUT2D eigenvalue weighted by atomic mass is 10.0. The van der Waals surface area contributed by atoms with Crippen molar-refractivity contribution < 1.29 is 14.3 Å². The van der Waals surface area contributed by atoms with E-state index in [1.54, 1.807) is 12.1 Å². The Morgan fingerprint density at radius 3 is 2.06 bits per heavy atom. The topological polar surface area (TPSA) is 49.9 Å². The SMILES string of the molecule is CCCOc1ccccc1N1C(=O)C(c2ccccc2)=C(N(CC)c2ccccc2)C1=O. The summed E-state index contributed by atoms with van der Waals surface area (Å²) in [6.45, 7) is 5.03. The number of amides is 2. The molecule has 0 atom stereocenters. The number of imide groups is 1. The lowest BCUT2D eigenvalue weighted by Gasteiger charge is -2.25. The van der Waals surface area contributed by atoms with E-state index < -0.39 is 0 Å². The fourth-order valence-electron chi connectivity index (χ4n) is 3.91. The maximum atomic E-state index is 13.8. The summed E-state index contributed by atoms with van der Waals surface area (Å²) in [5.41, 5.74) is 2.80. The Hall–Kier alpha value is -3.86. The van der Waals surface area contributed by atoms with Crippen molar-refractivity contribution in [1.29, 1.82) is 0 Å². The first-order valence-corrected chi connectivity index (χ1v) is 10.9. The molecule has 0 radical (unpaired) electrons. The van der Waals surface area contributed by atoms with Crippen molar-refractivity contribution in [1.82, 2.24) is 0 Å². The molecule has 4 rings (SSSR count). The molecule has 5 nitrogen and oxygen atoms in total. The second-order valence-corrected chi connectivity index (χ2v) is 7.43. The molecule has 2 amide bonds. The summed E-state index contributed by atoms with van der Waals surface area (Å²) >= 11 is 0. The molecule has 0 aliphatic carbocycles. The number of likely N-dealkylation sites (N-methyl/N-ethyl adjacent to an activating group) is 1. The highest BCUT2D eigenvalue weighted by atomic mass is 16.5. The van der Waals surface area contributed by atoms with Gasteiger partial charge in [0.25, 0.3) is 11.8 Å². The van der Waals surface area contributed by atoms with Gasteiger partial charge in [0.1, 0.15) is 11.4 Å². The molecule has 1 heterocycles. The first kappa shape index (κ1) is 21.4. The van der Waals surface area contributed by atoms with Crippen LogP contribution in [0.15, 0.2) is 90.6 Å². The normalized spacial score (nSPS) is 13.6. The largest absolute Gasteiger partial charge is 0.491 e. The number of hydrogen-bond donors (Lipinski definition) is 0. The highest BCUT2D eigenvalue weighted by molar-refractivity contribution is 6.46. The van der Waals surface area contributed by atoms with Crippen LogP contribution in [0.2, 0.25) is 0 Å². The minimum atomic E-state index is -0.355. The van der Waals surface area contributed by atoms with Gasteiger partial charge >= 0.3 is 0 Å². The summed E-state index contributed by atoms with van der Waals surface area (Å²) in [4.78, 5) is 30.8. The summed E-state index contributed by atoms with van der Waals surface area (Å²) < 4.78 is 5.86. The number of carbonyl (C=O) groups excluding carboxylic acids is 2. The minimum Gasteiger partial charge on any atom is -0.491 e. The van der Waals surface area contributed by atoms with Gasteiger partial charge in [-0.1, -0.05) is 67.6 Å². The molecule has 5 heteroatoms. The number of para-hydroxylation sites is 3. The van der Waals surface area contributed by atoms with Crippen molar-refractivity contribution in [2.45, 2.75) is 20.3 Å². The lowest BCUT2D eigenvalue weighted by molar-refractivity contribution is -0.120. The fraction of sp³-hybridized carbons (Fsp3) is 0.185. The molecule has 3 aromatic carbocycles. The molecular weight excluding hydrogens is 400 g/mol. The Bertz CT molecular complexity index is 1140. The van der Waals surface area contributed by atoms with Crippen LogP contribution >= 0.6 is 0 Å². The van der Waals surface area contributed by atoms with Gasteiger partial charge in [-0.2, -0.15) is 0 Å². The number of anilines is 2. The first-order valence-electron chi connectivity index (χ1n) is 10.9. The molecule has 0 fully saturated rings. The second-order valence-electron chi connectivity index (χ2n) is 7.43. The summed E-state index contributed by atoms with van der Waals surface area (Å²) in [6, 6.07) is 26.2. The van der Waals surface area contributed by atoms with Crippen LogP contribution in [-0.4, -0.2) is 25.0 Å². The van der Waals surface area contributed by atoms with Crippen LogP contribution in [0.3, 0.4) is 0 Å². The van der Waals surface area contributed by atoms with E-state index >= 15 is 0 Å².